The molecule has 2 heterocycles. The highest BCUT2D eigenvalue weighted by Crippen LogP contribution is 2.27. The molecular formula is C23H24N6. The van der Waals surface area contributed by atoms with Gasteiger partial charge in [-0.15, -0.1) is 0 Å². The first-order chi connectivity index (χ1) is 14.2. The molecule has 0 aliphatic carbocycles. The summed E-state index contributed by atoms with van der Waals surface area (Å²) >= 11 is 0. The van der Waals surface area contributed by atoms with Crippen molar-refractivity contribution in [3.8, 4) is 11.3 Å². The lowest BCUT2D eigenvalue weighted by Crippen LogP contribution is -2.21. The SMILES string of the molecule is CN(C)CCNc1nc(Nc2cccc3cccnc23)cc(-c2ccccc2)n1. The third-order valence-electron chi connectivity index (χ3n) is 4.53. The van der Waals surface area contributed by atoms with Gasteiger partial charge in [0.15, 0.2) is 0 Å². The molecule has 0 saturated heterocycles. The van der Waals surface area contributed by atoms with Crippen molar-refractivity contribution in [2.75, 3.05) is 37.8 Å². The van der Waals surface area contributed by atoms with E-state index in [4.69, 9.17) is 4.98 Å². The molecule has 0 radical (unpaired) electrons. The van der Waals surface area contributed by atoms with E-state index in [1.807, 2.05) is 56.6 Å². The highest BCUT2D eigenvalue weighted by atomic mass is 15.2. The Hall–Kier alpha value is -3.51. The van der Waals surface area contributed by atoms with Gasteiger partial charge in [0.1, 0.15) is 5.82 Å². The van der Waals surface area contributed by atoms with E-state index in [1.165, 1.54) is 0 Å². The zero-order valence-electron chi connectivity index (χ0n) is 16.6. The fourth-order valence-electron chi connectivity index (χ4n) is 3.08. The van der Waals surface area contributed by atoms with Crippen molar-refractivity contribution >= 4 is 28.4 Å². The minimum absolute atomic E-state index is 0.601. The van der Waals surface area contributed by atoms with Gasteiger partial charge >= 0.3 is 0 Å². The molecule has 2 aromatic heterocycles. The first-order valence-electron chi connectivity index (χ1n) is 9.63. The third-order valence-corrected chi connectivity index (χ3v) is 4.53. The standard InChI is InChI=1S/C23H24N6/c1-29(2)15-14-25-23-27-20(17-8-4-3-5-9-17)16-21(28-23)26-19-12-6-10-18-11-7-13-24-22(18)19/h3-13,16H,14-15H2,1-2H3,(H2,25,26,27,28). The second-order valence-corrected chi connectivity index (χ2v) is 7.06. The number of likely N-dealkylation sites (N-methyl/N-ethyl adjacent to an activating group) is 1. The predicted molar refractivity (Wildman–Crippen MR) is 120 cm³/mol. The van der Waals surface area contributed by atoms with Gasteiger partial charge < -0.3 is 15.5 Å². The van der Waals surface area contributed by atoms with E-state index in [0.29, 0.717) is 5.95 Å². The van der Waals surface area contributed by atoms with Crippen LogP contribution in [0.1, 0.15) is 0 Å². The molecule has 146 valence electrons. The number of rotatable bonds is 7. The van der Waals surface area contributed by atoms with Crippen LogP contribution in [0, 0.1) is 0 Å². The normalized spacial score (nSPS) is 11.0. The van der Waals surface area contributed by atoms with Crippen LogP contribution in [0.25, 0.3) is 22.2 Å². The number of hydrogen-bond donors (Lipinski definition) is 2. The highest BCUT2D eigenvalue weighted by Gasteiger charge is 2.09. The van der Waals surface area contributed by atoms with Gasteiger partial charge in [-0.05, 0) is 26.2 Å². The van der Waals surface area contributed by atoms with E-state index in [0.717, 1.165) is 46.8 Å². The first kappa shape index (κ1) is 18.8. The van der Waals surface area contributed by atoms with Gasteiger partial charge in [-0.25, -0.2) is 4.98 Å². The quantitative estimate of drug-likeness (QED) is 0.492. The van der Waals surface area contributed by atoms with Crippen molar-refractivity contribution in [1.82, 2.24) is 19.9 Å². The van der Waals surface area contributed by atoms with Gasteiger partial charge in [0, 0.05) is 36.3 Å². The van der Waals surface area contributed by atoms with Crippen molar-refractivity contribution in [2.45, 2.75) is 0 Å². The number of nitrogens with zero attached hydrogens (tertiary/aromatic N) is 4. The summed E-state index contributed by atoms with van der Waals surface area (Å²) in [7, 11) is 4.09. The van der Waals surface area contributed by atoms with E-state index in [2.05, 4.69) is 49.8 Å². The van der Waals surface area contributed by atoms with Gasteiger partial charge in [0.2, 0.25) is 5.95 Å². The summed E-state index contributed by atoms with van der Waals surface area (Å²) in [6.45, 7) is 1.66. The van der Waals surface area contributed by atoms with Gasteiger partial charge in [-0.2, -0.15) is 4.98 Å². The summed E-state index contributed by atoms with van der Waals surface area (Å²) in [5.74, 6) is 1.33. The average Bonchev–Trinajstić information content (AvgIpc) is 2.74. The third kappa shape index (κ3) is 4.67. The first-order valence-corrected chi connectivity index (χ1v) is 9.63. The van der Waals surface area contributed by atoms with Crippen molar-refractivity contribution in [3.05, 3.63) is 72.9 Å². The van der Waals surface area contributed by atoms with Crippen LogP contribution < -0.4 is 10.6 Å². The van der Waals surface area contributed by atoms with Crippen LogP contribution in [0.4, 0.5) is 17.5 Å². The van der Waals surface area contributed by atoms with E-state index >= 15 is 0 Å². The van der Waals surface area contributed by atoms with E-state index in [9.17, 15) is 0 Å². The molecule has 4 rings (SSSR count). The van der Waals surface area contributed by atoms with Gasteiger partial charge in [-0.3, -0.25) is 4.98 Å². The van der Waals surface area contributed by atoms with E-state index in [1.54, 1.807) is 6.20 Å². The Balaban J connectivity index is 1.69. The lowest BCUT2D eigenvalue weighted by Gasteiger charge is -2.14. The summed E-state index contributed by atoms with van der Waals surface area (Å²) in [5.41, 5.74) is 3.74. The summed E-state index contributed by atoms with van der Waals surface area (Å²) in [6.07, 6.45) is 1.80. The lowest BCUT2D eigenvalue weighted by atomic mass is 10.1. The summed E-state index contributed by atoms with van der Waals surface area (Å²) in [6, 6.07) is 22.2. The highest BCUT2D eigenvalue weighted by molar-refractivity contribution is 5.91. The van der Waals surface area contributed by atoms with Crippen molar-refractivity contribution in [3.63, 3.8) is 0 Å². The van der Waals surface area contributed by atoms with Crippen molar-refractivity contribution < 1.29 is 0 Å². The van der Waals surface area contributed by atoms with Crippen molar-refractivity contribution in [1.29, 1.82) is 0 Å². The zero-order valence-corrected chi connectivity index (χ0v) is 16.6. The van der Waals surface area contributed by atoms with Gasteiger partial charge in [0.25, 0.3) is 0 Å². The van der Waals surface area contributed by atoms with Crippen LogP contribution >= 0.6 is 0 Å². The van der Waals surface area contributed by atoms with Crippen LogP contribution in [0.3, 0.4) is 0 Å². The number of benzene rings is 2. The molecule has 6 nitrogen and oxygen atoms in total. The molecule has 29 heavy (non-hydrogen) atoms. The fourth-order valence-corrected chi connectivity index (χ4v) is 3.08. The van der Waals surface area contributed by atoms with Crippen LogP contribution in [0.5, 0.6) is 0 Å². The molecule has 0 unspecified atom stereocenters. The van der Waals surface area contributed by atoms with Crippen LogP contribution in [-0.4, -0.2) is 47.0 Å². The maximum atomic E-state index is 4.71. The molecule has 0 aliphatic heterocycles. The predicted octanol–water partition coefficient (Wildman–Crippen LogP) is 4.41. The second kappa shape index (κ2) is 8.67. The largest absolute Gasteiger partial charge is 0.353 e. The van der Waals surface area contributed by atoms with Crippen LogP contribution in [0.2, 0.25) is 0 Å². The van der Waals surface area contributed by atoms with Gasteiger partial charge in [0.05, 0.1) is 16.9 Å². The smallest absolute Gasteiger partial charge is 0.225 e. The van der Waals surface area contributed by atoms with Gasteiger partial charge in [-0.1, -0.05) is 48.5 Å². The molecule has 0 aliphatic rings. The Kier molecular flexibility index (Phi) is 5.63. The average molecular weight is 384 g/mol. The maximum absolute atomic E-state index is 4.71. The molecule has 6 heteroatoms. The number of para-hydroxylation sites is 1. The number of nitrogens with one attached hydrogen (secondary N) is 2. The number of pyridine rings is 1. The number of aromatic nitrogens is 3. The monoisotopic (exact) mass is 384 g/mol. The Morgan fingerprint density at radius 3 is 2.55 bits per heavy atom. The number of fused-ring (bicyclic) bond motifs is 1. The summed E-state index contributed by atoms with van der Waals surface area (Å²) in [5, 5.41) is 7.85. The molecule has 0 saturated carbocycles. The lowest BCUT2D eigenvalue weighted by molar-refractivity contribution is 0.425. The summed E-state index contributed by atoms with van der Waals surface area (Å²) < 4.78 is 0. The Labute approximate surface area is 170 Å². The molecule has 0 amide bonds. The minimum atomic E-state index is 0.601. The van der Waals surface area contributed by atoms with E-state index in [-0.39, 0.29) is 0 Å². The molecule has 2 aromatic carbocycles. The molecule has 0 fully saturated rings. The fraction of sp³-hybridized carbons (Fsp3) is 0.174. The number of anilines is 3. The molecule has 0 bridgehead atoms. The molecule has 0 atom stereocenters. The number of hydrogen-bond acceptors (Lipinski definition) is 6. The Morgan fingerprint density at radius 1 is 0.897 bits per heavy atom. The minimum Gasteiger partial charge on any atom is -0.353 e. The topological polar surface area (TPSA) is 66.0 Å². The second-order valence-electron chi connectivity index (χ2n) is 7.06. The molecule has 0 spiro atoms. The Bertz CT molecular complexity index is 1090. The maximum Gasteiger partial charge on any atom is 0.225 e. The molecular weight excluding hydrogens is 360 g/mol. The summed E-state index contributed by atoms with van der Waals surface area (Å²) in [4.78, 5) is 16.0. The molecule has 4 aromatic rings. The van der Waals surface area contributed by atoms with Crippen LogP contribution in [0.15, 0.2) is 72.9 Å². The van der Waals surface area contributed by atoms with Crippen LogP contribution in [-0.2, 0) is 0 Å². The van der Waals surface area contributed by atoms with Crippen molar-refractivity contribution in [2.24, 2.45) is 0 Å². The molecule has 2 N–H and O–H groups in total. The zero-order chi connectivity index (χ0) is 20.1. The Morgan fingerprint density at radius 2 is 1.72 bits per heavy atom. The van der Waals surface area contributed by atoms with E-state index < -0.39 is 0 Å².